The minimum Gasteiger partial charge on any atom is -0.478 e. The molecular formula is C18H21FN2O2. The summed E-state index contributed by atoms with van der Waals surface area (Å²) in [5.41, 5.74) is 2.35. The summed E-state index contributed by atoms with van der Waals surface area (Å²) < 4.78 is 13.0. The zero-order valence-corrected chi connectivity index (χ0v) is 13.3. The predicted octanol–water partition coefficient (Wildman–Crippen LogP) is 2.92. The van der Waals surface area contributed by atoms with E-state index in [4.69, 9.17) is 5.11 Å². The lowest BCUT2D eigenvalue weighted by Gasteiger charge is -2.25. The molecule has 0 spiro atoms. The molecule has 0 aromatic heterocycles. The molecule has 0 saturated heterocycles. The van der Waals surface area contributed by atoms with Crippen molar-refractivity contribution in [3.8, 4) is 0 Å². The Kier molecular flexibility index (Phi) is 5.84. The lowest BCUT2D eigenvalue weighted by molar-refractivity contribution is 0.0697. The van der Waals surface area contributed by atoms with Crippen molar-refractivity contribution >= 4 is 5.97 Å². The number of carboxylic acids is 1. The number of carboxylic acid groups (broad SMARTS) is 1. The number of hydrogen-bond donors (Lipinski definition) is 2. The fraction of sp³-hybridized carbons (Fsp3) is 0.278. The van der Waals surface area contributed by atoms with Crippen LogP contribution in [0.1, 0.15) is 27.5 Å². The first-order valence-electron chi connectivity index (χ1n) is 7.42. The number of halogens is 1. The zero-order chi connectivity index (χ0) is 16.8. The third-order valence-electron chi connectivity index (χ3n) is 3.75. The first-order valence-corrected chi connectivity index (χ1v) is 7.42. The number of carbonyl (C=O) groups is 1. The van der Waals surface area contributed by atoms with Gasteiger partial charge in [-0.3, -0.25) is 0 Å². The summed E-state index contributed by atoms with van der Waals surface area (Å²) in [6, 6.07) is 13.5. The fourth-order valence-corrected chi connectivity index (χ4v) is 2.40. The maximum absolute atomic E-state index is 13.0. The highest BCUT2D eigenvalue weighted by molar-refractivity contribution is 5.87. The summed E-state index contributed by atoms with van der Waals surface area (Å²) in [6.07, 6.45) is 0. The molecule has 0 amide bonds. The second-order valence-electron chi connectivity index (χ2n) is 5.66. The zero-order valence-electron chi connectivity index (χ0n) is 13.3. The fourth-order valence-electron chi connectivity index (χ4n) is 2.40. The minimum absolute atomic E-state index is 0.133. The van der Waals surface area contributed by atoms with Crippen LogP contribution in [0.5, 0.6) is 0 Å². The number of rotatable bonds is 7. The highest BCUT2D eigenvalue weighted by Gasteiger charge is 2.13. The Balaban J connectivity index is 1.94. The largest absolute Gasteiger partial charge is 0.478 e. The Morgan fingerprint density at radius 1 is 1.13 bits per heavy atom. The summed E-state index contributed by atoms with van der Waals surface area (Å²) >= 11 is 0. The van der Waals surface area contributed by atoms with Crippen molar-refractivity contribution in [1.82, 2.24) is 10.2 Å². The lowest BCUT2D eigenvalue weighted by atomic mass is 10.1. The molecule has 0 radical (unpaired) electrons. The number of nitrogens with one attached hydrogen (secondary N) is 1. The Morgan fingerprint density at radius 2 is 1.74 bits per heavy atom. The molecule has 5 heteroatoms. The van der Waals surface area contributed by atoms with Crippen LogP contribution in [0, 0.1) is 5.82 Å². The Labute approximate surface area is 135 Å². The molecule has 23 heavy (non-hydrogen) atoms. The summed E-state index contributed by atoms with van der Waals surface area (Å²) in [5.74, 6) is -1.16. The van der Waals surface area contributed by atoms with E-state index in [-0.39, 0.29) is 17.4 Å². The number of benzene rings is 2. The average molecular weight is 316 g/mol. The molecule has 0 fully saturated rings. The van der Waals surface area contributed by atoms with Gasteiger partial charge in [0.2, 0.25) is 0 Å². The second-order valence-corrected chi connectivity index (χ2v) is 5.66. The van der Waals surface area contributed by atoms with E-state index >= 15 is 0 Å². The Hall–Kier alpha value is -2.24. The third kappa shape index (κ3) is 4.87. The second kappa shape index (κ2) is 7.85. The van der Waals surface area contributed by atoms with Gasteiger partial charge in [0, 0.05) is 19.1 Å². The monoisotopic (exact) mass is 316 g/mol. The van der Waals surface area contributed by atoms with E-state index in [1.54, 1.807) is 36.4 Å². The molecule has 0 heterocycles. The molecule has 0 aliphatic heterocycles. The van der Waals surface area contributed by atoms with Crippen LogP contribution < -0.4 is 5.32 Å². The van der Waals surface area contributed by atoms with E-state index in [0.29, 0.717) is 13.1 Å². The summed E-state index contributed by atoms with van der Waals surface area (Å²) in [7, 11) is 3.97. The van der Waals surface area contributed by atoms with E-state index in [1.807, 2.05) is 14.1 Å². The van der Waals surface area contributed by atoms with E-state index in [1.165, 1.54) is 12.1 Å². The lowest BCUT2D eigenvalue weighted by Crippen LogP contribution is -2.30. The molecule has 122 valence electrons. The van der Waals surface area contributed by atoms with Crippen LogP contribution in [-0.4, -0.2) is 36.6 Å². The van der Waals surface area contributed by atoms with Gasteiger partial charge in [-0.1, -0.05) is 24.3 Å². The minimum atomic E-state index is -0.923. The van der Waals surface area contributed by atoms with Crippen LogP contribution in [-0.2, 0) is 6.54 Å². The average Bonchev–Trinajstić information content (AvgIpc) is 2.53. The van der Waals surface area contributed by atoms with Gasteiger partial charge in [0.25, 0.3) is 0 Å². The van der Waals surface area contributed by atoms with Crippen LogP contribution in [0.15, 0.2) is 48.5 Å². The standard InChI is InChI=1S/C18H21FN2O2/c1-21(2)17(14-7-9-16(19)10-8-14)12-20-11-13-3-5-15(6-4-13)18(22)23/h3-10,17,20H,11-12H2,1-2H3,(H,22,23). The quantitative estimate of drug-likeness (QED) is 0.825. The van der Waals surface area contributed by atoms with Crippen LogP contribution in [0.4, 0.5) is 4.39 Å². The Morgan fingerprint density at radius 3 is 2.26 bits per heavy atom. The van der Waals surface area contributed by atoms with Crippen molar-refractivity contribution in [1.29, 1.82) is 0 Å². The van der Waals surface area contributed by atoms with Gasteiger partial charge in [0.05, 0.1) is 5.56 Å². The molecule has 0 aliphatic rings. The van der Waals surface area contributed by atoms with Gasteiger partial charge in [-0.15, -0.1) is 0 Å². The normalized spacial score (nSPS) is 12.3. The molecule has 1 atom stereocenters. The SMILES string of the molecule is CN(C)C(CNCc1ccc(C(=O)O)cc1)c1ccc(F)cc1. The van der Waals surface area contributed by atoms with Crippen molar-refractivity contribution in [2.75, 3.05) is 20.6 Å². The van der Waals surface area contributed by atoms with E-state index < -0.39 is 5.97 Å². The van der Waals surface area contributed by atoms with Gasteiger partial charge in [-0.2, -0.15) is 0 Å². The molecular weight excluding hydrogens is 295 g/mol. The van der Waals surface area contributed by atoms with Crippen molar-refractivity contribution in [2.45, 2.75) is 12.6 Å². The molecule has 0 aliphatic carbocycles. The van der Waals surface area contributed by atoms with Gasteiger partial charge in [0.1, 0.15) is 5.82 Å². The first kappa shape index (κ1) is 17.1. The van der Waals surface area contributed by atoms with Crippen LogP contribution in [0.25, 0.3) is 0 Å². The van der Waals surface area contributed by atoms with E-state index in [9.17, 15) is 9.18 Å². The van der Waals surface area contributed by atoms with E-state index in [0.717, 1.165) is 11.1 Å². The molecule has 1 unspecified atom stereocenters. The van der Waals surface area contributed by atoms with Crippen molar-refractivity contribution in [3.05, 3.63) is 71.0 Å². The highest BCUT2D eigenvalue weighted by atomic mass is 19.1. The molecule has 0 saturated carbocycles. The summed E-state index contributed by atoms with van der Waals surface area (Å²) in [6.45, 7) is 1.35. The number of nitrogens with zero attached hydrogens (tertiary/aromatic N) is 1. The van der Waals surface area contributed by atoms with Crippen LogP contribution in [0.2, 0.25) is 0 Å². The highest BCUT2D eigenvalue weighted by Crippen LogP contribution is 2.18. The van der Waals surface area contributed by atoms with Crippen molar-refractivity contribution < 1.29 is 14.3 Å². The van der Waals surface area contributed by atoms with Crippen LogP contribution in [0.3, 0.4) is 0 Å². The van der Waals surface area contributed by atoms with Gasteiger partial charge < -0.3 is 15.3 Å². The van der Waals surface area contributed by atoms with E-state index in [2.05, 4.69) is 10.2 Å². The molecule has 2 aromatic rings. The maximum atomic E-state index is 13.0. The smallest absolute Gasteiger partial charge is 0.335 e. The predicted molar refractivity (Wildman–Crippen MR) is 87.9 cm³/mol. The molecule has 2 N–H and O–H groups in total. The third-order valence-corrected chi connectivity index (χ3v) is 3.75. The maximum Gasteiger partial charge on any atom is 0.335 e. The molecule has 2 rings (SSSR count). The number of aromatic carboxylic acids is 1. The topological polar surface area (TPSA) is 52.6 Å². The van der Waals surface area contributed by atoms with Gasteiger partial charge in [0.15, 0.2) is 0 Å². The van der Waals surface area contributed by atoms with Crippen molar-refractivity contribution in [3.63, 3.8) is 0 Å². The summed E-state index contributed by atoms with van der Waals surface area (Å²) in [4.78, 5) is 12.9. The first-order chi connectivity index (χ1) is 11.0. The molecule has 0 bridgehead atoms. The number of hydrogen-bond acceptors (Lipinski definition) is 3. The Bertz CT molecular complexity index is 639. The summed E-state index contributed by atoms with van der Waals surface area (Å²) in [5, 5.41) is 12.2. The van der Waals surface area contributed by atoms with Crippen LogP contribution >= 0.6 is 0 Å². The number of likely N-dealkylation sites (N-methyl/N-ethyl adjacent to an activating group) is 1. The van der Waals surface area contributed by atoms with Crippen molar-refractivity contribution in [2.24, 2.45) is 0 Å². The molecule has 4 nitrogen and oxygen atoms in total. The van der Waals surface area contributed by atoms with Gasteiger partial charge >= 0.3 is 5.97 Å². The van der Waals surface area contributed by atoms with Gasteiger partial charge in [-0.05, 0) is 49.5 Å². The molecule has 2 aromatic carbocycles. The van der Waals surface area contributed by atoms with Gasteiger partial charge in [-0.25, -0.2) is 9.18 Å².